The van der Waals surface area contributed by atoms with Crippen LogP contribution >= 0.6 is 0 Å². The average Bonchev–Trinajstić information content (AvgIpc) is 2.33. The van der Waals surface area contributed by atoms with Crippen LogP contribution in [0.5, 0.6) is 0 Å². The summed E-state index contributed by atoms with van der Waals surface area (Å²) >= 11 is 0. The predicted molar refractivity (Wildman–Crippen MR) is 70.5 cm³/mol. The first-order chi connectivity index (χ1) is 7.56. The van der Waals surface area contributed by atoms with Gasteiger partial charge >= 0.3 is 0 Å². The Labute approximate surface area is 99.1 Å². The lowest BCUT2D eigenvalue weighted by Gasteiger charge is -2.21. The number of benzene rings is 1. The summed E-state index contributed by atoms with van der Waals surface area (Å²) < 4.78 is 0. The molecule has 1 amide bonds. The number of anilines is 1. The maximum absolute atomic E-state index is 11.8. The normalized spacial score (nSPS) is 10.1. The summed E-state index contributed by atoms with van der Waals surface area (Å²) in [5, 5.41) is 2.89. The lowest BCUT2D eigenvalue weighted by Crippen LogP contribution is -2.29. The van der Waals surface area contributed by atoms with E-state index >= 15 is 0 Å². The van der Waals surface area contributed by atoms with Gasteiger partial charge in [-0.2, -0.15) is 0 Å². The first kappa shape index (κ1) is 14.7. The van der Waals surface area contributed by atoms with Crippen molar-refractivity contribution in [2.45, 2.75) is 41.0 Å². The number of carbonyl (C=O) groups is 1. The van der Waals surface area contributed by atoms with Gasteiger partial charge in [-0.15, -0.1) is 0 Å². The van der Waals surface area contributed by atoms with Crippen LogP contribution in [0.15, 0.2) is 30.3 Å². The van der Waals surface area contributed by atoms with Gasteiger partial charge in [0.15, 0.2) is 0 Å². The summed E-state index contributed by atoms with van der Waals surface area (Å²) in [6, 6.07) is 9.54. The second-order valence-corrected chi connectivity index (χ2v) is 4.06. The van der Waals surface area contributed by atoms with Crippen molar-refractivity contribution in [2.75, 3.05) is 5.32 Å². The van der Waals surface area contributed by atoms with E-state index in [4.69, 9.17) is 0 Å². The fourth-order valence-electron chi connectivity index (χ4n) is 0.982. The van der Waals surface area contributed by atoms with Crippen molar-refractivity contribution in [3.8, 4) is 0 Å². The van der Waals surface area contributed by atoms with Crippen LogP contribution in [0.25, 0.3) is 0 Å². The molecule has 0 radical (unpaired) electrons. The van der Waals surface area contributed by atoms with Crippen molar-refractivity contribution >= 4 is 11.6 Å². The molecule has 0 aromatic heterocycles. The second kappa shape index (κ2) is 7.04. The Morgan fingerprint density at radius 3 is 2.12 bits per heavy atom. The minimum Gasteiger partial charge on any atom is -0.326 e. The van der Waals surface area contributed by atoms with E-state index in [0.29, 0.717) is 0 Å². The standard InChI is InChI=1S/C12H17NO.C2H6/c1-4-12(2,3)11(14)13-10-8-6-5-7-9-10;1-2/h5-9H,4H2,1-3H3,(H,13,14);1-2H3. The van der Waals surface area contributed by atoms with Gasteiger partial charge in [-0.05, 0) is 18.6 Å². The molecule has 16 heavy (non-hydrogen) atoms. The third-order valence-electron chi connectivity index (χ3n) is 2.53. The van der Waals surface area contributed by atoms with E-state index in [1.165, 1.54) is 0 Å². The molecular formula is C14H23NO. The third-order valence-corrected chi connectivity index (χ3v) is 2.53. The summed E-state index contributed by atoms with van der Waals surface area (Å²) in [5.74, 6) is 0.0752. The quantitative estimate of drug-likeness (QED) is 0.818. The summed E-state index contributed by atoms with van der Waals surface area (Å²) in [5.41, 5.74) is 0.564. The summed E-state index contributed by atoms with van der Waals surface area (Å²) in [7, 11) is 0. The molecule has 1 aromatic carbocycles. The molecule has 90 valence electrons. The van der Waals surface area contributed by atoms with E-state index < -0.39 is 0 Å². The molecule has 0 aliphatic carbocycles. The van der Waals surface area contributed by atoms with Gasteiger partial charge in [-0.25, -0.2) is 0 Å². The molecule has 1 aromatic rings. The third kappa shape index (κ3) is 4.47. The Morgan fingerprint density at radius 2 is 1.69 bits per heavy atom. The van der Waals surface area contributed by atoms with Gasteiger partial charge in [0.1, 0.15) is 0 Å². The highest BCUT2D eigenvalue weighted by molar-refractivity contribution is 5.94. The molecule has 0 saturated heterocycles. The molecule has 0 atom stereocenters. The average molecular weight is 221 g/mol. The number of hydrogen-bond donors (Lipinski definition) is 1. The Bertz CT molecular complexity index is 304. The van der Waals surface area contributed by atoms with Crippen molar-refractivity contribution < 1.29 is 4.79 Å². The summed E-state index contributed by atoms with van der Waals surface area (Å²) in [4.78, 5) is 11.8. The maximum atomic E-state index is 11.8. The summed E-state index contributed by atoms with van der Waals surface area (Å²) in [6.45, 7) is 9.92. The van der Waals surface area contributed by atoms with Gasteiger partial charge in [0.25, 0.3) is 0 Å². The van der Waals surface area contributed by atoms with Crippen LogP contribution < -0.4 is 5.32 Å². The van der Waals surface area contributed by atoms with E-state index in [9.17, 15) is 4.79 Å². The molecule has 0 fully saturated rings. The fourth-order valence-corrected chi connectivity index (χ4v) is 0.982. The van der Waals surface area contributed by atoms with Crippen LogP contribution in [-0.2, 0) is 4.79 Å². The largest absolute Gasteiger partial charge is 0.326 e. The Hall–Kier alpha value is -1.31. The highest BCUT2D eigenvalue weighted by Crippen LogP contribution is 2.21. The molecular weight excluding hydrogens is 198 g/mol. The molecule has 0 unspecified atom stereocenters. The topological polar surface area (TPSA) is 29.1 Å². The van der Waals surface area contributed by atoms with E-state index in [1.807, 2.05) is 65.0 Å². The molecule has 0 heterocycles. The fraction of sp³-hybridized carbons (Fsp3) is 0.500. The first-order valence-electron chi connectivity index (χ1n) is 5.93. The molecule has 0 saturated carbocycles. The molecule has 2 heteroatoms. The molecule has 0 bridgehead atoms. The van der Waals surface area contributed by atoms with E-state index in [1.54, 1.807) is 0 Å². The van der Waals surface area contributed by atoms with E-state index in [-0.39, 0.29) is 11.3 Å². The van der Waals surface area contributed by atoms with Gasteiger partial charge in [-0.3, -0.25) is 4.79 Å². The zero-order valence-electron chi connectivity index (χ0n) is 11.0. The van der Waals surface area contributed by atoms with Crippen molar-refractivity contribution in [1.29, 1.82) is 0 Å². The van der Waals surface area contributed by atoms with Crippen LogP contribution in [0, 0.1) is 5.41 Å². The monoisotopic (exact) mass is 221 g/mol. The lowest BCUT2D eigenvalue weighted by molar-refractivity contribution is -0.124. The second-order valence-electron chi connectivity index (χ2n) is 4.06. The zero-order chi connectivity index (χ0) is 12.6. The minimum absolute atomic E-state index is 0.0752. The number of rotatable bonds is 3. The maximum Gasteiger partial charge on any atom is 0.230 e. The van der Waals surface area contributed by atoms with Crippen molar-refractivity contribution in [3.05, 3.63) is 30.3 Å². The Kier molecular flexibility index (Phi) is 6.47. The van der Waals surface area contributed by atoms with Crippen LogP contribution in [0.4, 0.5) is 5.69 Å². The number of amides is 1. The number of carbonyl (C=O) groups excluding carboxylic acids is 1. The number of para-hydroxylation sites is 1. The number of nitrogens with one attached hydrogen (secondary N) is 1. The lowest BCUT2D eigenvalue weighted by atomic mass is 9.89. The van der Waals surface area contributed by atoms with Crippen LogP contribution in [0.1, 0.15) is 41.0 Å². The molecule has 1 N–H and O–H groups in total. The first-order valence-corrected chi connectivity index (χ1v) is 5.93. The van der Waals surface area contributed by atoms with Crippen molar-refractivity contribution in [1.82, 2.24) is 0 Å². The zero-order valence-corrected chi connectivity index (χ0v) is 11.0. The highest BCUT2D eigenvalue weighted by atomic mass is 16.2. The van der Waals surface area contributed by atoms with Gasteiger partial charge < -0.3 is 5.32 Å². The highest BCUT2D eigenvalue weighted by Gasteiger charge is 2.24. The molecule has 0 aliphatic heterocycles. The molecule has 0 spiro atoms. The van der Waals surface area contributed by atoms with Crippen LogP contribution in [-0.4, -0.2) is 5.91 Å². The van der Waals surface area contributed by atoms with E-state index in [0.717, 1.165) is 12.1 Å². The van der Waals surface area contributed by atoms with Gasteiger partial charge in [0, 0.05) is 11.1 Å². The van der Waals surface area contributed by atoms with Crippen molar-refractivity contribution in [2.24, 2.45) is 5.41 Å². The number of hydrogen-bond acceptors (Lipinski definition) is 1. The van der Waals surface area contributed by atoms with Gasteiger partial charge in [-0.1, -0.05) is 52.8 Å². The van der Waals surface area contributed by atoms with Gasteiger partial charge in [0.2, 0.25) is 5.91 Å². The van der Waals surface area contributed by atoms with Gasteiger partial charge in [0.05, 0.1) is 0 Å². The molecule has 1 rings (SSSR count). The smallest absolute Gasteiger partial charge is 0.230 e. The van der Waals surface area contributed by atoms with Crippen molar-refractivity contribution in [3.63, 3.8) is 0 Å². The summed E-state index contributed by atoms with van der Waals surface area (Å²) in [6.07, 6.45) is 0.839. The van der Waals surface area contributed by atoms with E-state index in [2.05, 4.69) is 5.32 Å². The SMILES string of the molecule is CC.CCC(C)(C)C(=O)Nc1ccccc1. The predicted octanol–water partition coefficient (Wildman–Crippen LogP) is 4.09. The molecule has 2 nitrogen and oxygen atoms in total. The minimum atomic E-state index is -0.296. The Morgan fingerprint density at radius 1 is 1.19 bits per heavy atom. The Balaban J connectivity index is 0.00000106. The van der Waals surface area contributed by atoms with Crippen LogP contribution in [0.2, 0.25) is 0 Å². The van der Waals surface area contributed by atoms with Crippen LogP contribution in [0.3, 0.4) is 0 Å². The molecule has 0 aliphatic rings.